The number of hydrogen-bond donors (Lipinski definition) is 1. The summed E-state index contributed by atoms with van der Waals surface area (Å²) >= 11 is 0. The summed E-state index contributed by atoms with van der Waals surface area (Å²) in [6, 6.07) is 9.84. The van der Waals surface area contributed by atoms with Crippen LogP contribution in [0.15, 0.2) is 34.7 Å². The maximum absolute atomic E-state index is 12.5. The molecule has 7 heteroatoms. The number of hydrogen-bond acceptors (Lipinski definition) is 6. The molecule has 1 unspecified atom stereocenters. The number of aliphatic hydroxyl groups is 1. The third-order valence-corrected chi connectivity index (χ3v) is 4.35. The largest absolute Gasteiger partial charge is 0.423 e. The highest BCUT2D eigenvalue weighted by atomic mass is 16.5. The van der Waals surface area contributed by atoms with E-state index in [0.717, 1.165) is 5.56 Å². The Morgan fingerprint density at radius 2 is 2.08 bits per heavy atom. The minimum Gasteiger partial charge on any atom is -0.423 e. The fourth-order valence-corrected chi connectivity index (χ4v) is 2.77. The van der Waals surface area contributed by atoms with Crippen LogP contribution in [0, 0.1) is 6.92 Å². The number of aryl methyl sites for hydroxylation is 2. The van der Waals surface area contributed by atoms with Crippen LogP contribution < -0.4 is 0 Å². The van der Waals surface area contributed by atoms with Gasteiger partial charge in [-0.3, -0.25) is 4.79 Å². The lowest BCUT2D eigenvalue weighted by atomic mass is 9.94. The van der Waals surface area contributed by atoms with Crippen LogP contribution >= 0.6 is 0 Å². The number of amides is 1. The molecule has 25 heavy (non-hydrogen) atoms. The normalized spacial score (nSPS) is 17.2. The molecule has 1 aliphatic rings. The first kappa shape index (κ1) is 17.6. The SMILES string of the molecule is Cc1nnc(COC2CN(C(=O)C(C)(O)CCc3ccccc3)C2)o1. The van der Waals surface area contributed by atoms with E-state index in [2.05, 4.69) is 10.2 Å². The Hall–Kier alpha value is -2.25. The summed E-state index contributed by atoms with van der Waals surface area (Å²) in [7, 11) is 0. The molecule has 2 heterocycles. The lowest BCUT2D eigenvalue weighted by molar-refractivity contribution is -0.164. The van der Waals surface area contributed by atoms with Crippen LogP contribution in [0.25, 0.3) is 0 Å². The van der Waals surface area contributed by atoms with Crippen LogP contribution in [0.2, 0.25) is 0 Å². The summed E-state index contributed by atoms with van der Waals surface area (Å²) < 4.78 is 10.9. The Morgan fingerprint density at radius 1 is 1.36 bits per heavy atom. The van der Waals surface area contributed by atoms with E-state index in [-0.39, 0.29) is 18.6 Å². The lowest BCUT2D eigenvalue weighted by Gasteiger charge is -2.42. The molecule has 0 radical (unpaired) electrons. The van der Waals surface area contributed by atoms with Crippen molar-refractivity contribution in [2.75, 3.05) is 13.1 Å². The third kappa shape index (κ3) is 4.43. The van der Waals surface area contributed by atoms with Gasteiger partial charge in [0, 0.05) is 20.0 Å². The van der Waals surface area contributed by atoms with E-state index in [4.69, 9.17) is 9.15 Å². The number of rotatable bonds is 7. The van der Waals surface area contributed by atoms with Crippen molar-refractivity contribution >= 4 is 5.91 Å². The number of benzene rings is 1. The number of nitrogens with zero attached hydrogens (tertiary/aromatic N) is 3. The zero-order valence-corrected chi connectivity index (χ0v) is 14.5. The first-order valence-corrected chi connectivity index (χ1v) is 8.40. The Kier molecular flexibility index (Phi) is 5.15. The molecule has 1 fully saturated rings. The van der Waals surface area contributed by atoms with Crippen molar-refractivity contribution in [2.45, 2.75) is 45.0 Å². The number of ether oxygens (including phenoxy) is 1. The van der Waals surface area contributed by atoms with Crippen molar-refractivity contribution < 1.29 is 19.1 Å². The number of likely N-dealkylation sites (tertiary alicyclic amines) is 1. The van der Waals surface area contributed by atoms with Crippen molar-refractivity contribution in [3.8, 4) is 0 Å². The molecule has 0 saturated carbocycles. The van der Waals surface area contributed by atoms with Gasteiger partial charge in [-0.1, -0.05) is 30.3 Å². The lowest BCUT2D eigenvalue weighted by Crippen LogP contribution is -2.60. The molecule has 0 bridgehead atoms. The summed E-state index contributed by atoms with van der Waals surface area (Å²) in [5.41, 5.74) is -0.264. The maximum Gasteiger partial charge on any atom is 0.254 e. The van der Waals surface area contributed by atoms with Gasteiger partial charge in [0.1, 0.15) is 12.2 Å². The summed E-state index contributed by atoms with van der Waals surface area (Å²) in [4.78, 5) is 14.1. The van der Waals surface area contributed by atoms with E-state index in [0.29, 0.717) is 37.7 Å². The van der Waals surface area contributed by atoms with Crippen molar-refractivity contribution in [1.82, 2.24) is 15.1 Å². The van der Waals surface area contributed by atoms with Crippen LogP contribution in [0.1, 0.15) is 30.7 Å². The first-order valence-electron chi connectivity index (χ1n) is 8.40. The molecule has 7 nitrogen and oxygen atoms in total. The average Bonchev–Trinajstić information content (AvgIpc) is 2.98. The van der Waals surface area contributed by atoms with Gasteiger partial charge in [-0.2, -0.15) is 0 Å². The Balaban J connectivity index is 1.42. The summed E-state index contributed by atoms with van der Waals surface area (Å²) in [5.74, 6) is 0.674. The maximum atomic E-state index is 12.5. The molecule has 1 N–H and O–H groups in total. The molecule has 0 spiro atoms. The molecule has 134 valence electrons. The molecule has 1 aromatic carbocycles. The van der Waals surface area contributed by atoms with E-state index in [1.165, 1.54) is 0 Å². The Bertz CT molecular complexity index is 708. The number of aromatic nitrogens is 2. The topological polar surface area (TPSA) is 88.7 Å². The zero-order valence-electron chi connectivity index (χ0n) is 14.5. The fourth-order valence-electron chi connectivity index (χ4n) is 2.77. The Morgan fingerprint density at radius 3 is 2.72 bits per heavy atom. The monoisotopic (exact) mass is 345 g/mol. The molecule has 0 aliphatic carbocycles. The Labute approximate surface area is 146 Å². The second-order valence-corrected chi connectivity index (χ2v) is 6.62. The van der Waals surface area contributed by atoms with Gasteiger partial charge in [-0.15, -0.1) is 10.2 Å². The van der Waals surface area contributed by atoms with Crippen LogP contribution in [0.4, 0.5) is 0 Å². The molecule has 1 aliphatic heterocycles. The minimum absolute atomic E-state index is 0.0684. The van der Waals surface area contributed by atoms with Gasteiger partial charge in [0.2, 0.25) is 11.8 Å². The van der Waals surface area contributed by atoms with Crippen molar-refractivity contribution in [1.29, 1.82) is 0 Å². The highest BCUT2D eigenvalue weighted by molar-refractivity contribution is 5.85. The van der Waals surface area contributed by atoms with E-state index >= 15 is 0 Å². The molecule has 1 atom stereocenters. The van der Waals surface area contributed by atoms with Gasteiger partial charge < -0.3 is 19.2 Å². The highest BCUT2D eigenvalue weighted by Gasteiger charge is 2.40. The molecular weight excluding hydrogens is 322 g/mol. The third-order valence-electron chi connectivity index (χ3n) is 4.35. The van der Waals surface area contributed by atoms with Crippen LogP contribution in [-0.2, 0) is 22.6 Å². The second kappa shape index (κ2) is 7.33. The molecule has 1 saturated heterocycles. The molecular formula is C18H23N3O4. The van der Waals surface area contributed by atoms with Gasteiger partial charge in [0.25, 0.3) is 5.91 Å². The average molecular weight is 345 g/mol. The number of carbonyl (C=O) groups excluding carboxylic acids is 1. The van der Waals surface area contributed by atoms with E-state index in [9.17, 15) is 9.90 Å². The molecule has 3 rings (SSSR count). The van der Waals surface area contributed by atoms with Gasteiger partial charge >= 0.3 is 0 Å². The van der Waals surface area contributed by atoms with Crippen molar-refractivity contribution in [2.24, 2.45) is 0 Å². The van der Waals surface area contributed by atoms with Crippen molar-refractivity contribution in [3.63, 3.8) is 0 Å². The molecule has 2 aromatic rings. The van der Waals surface area contributed by atoms with Gasteiger partial charge in [-0.25, -0.2) is 0 Å². The van der Waals surface area contributed by atoms with E-state index in [1.807, 2.05) is 30.3 Å². The van der Waals surface area contributed by atoms with Gasteiger partial charge in [0.15, 0.2) is 0 Å². The standard InChI is InChI=1S/C18H23N3O4/c1-13-19-20-16(25-13)12-24-15-10-21(11-15)17(22)18(2,23)9-8-14-6-4-3-5-7-14/h3-7,15,23H,8-12H2,1-2H3. The van der Waals surface area contributed by atoms with Crippen LogP contribution in [0.3, 0.4) is 0 Å². The highest BCUT2D eigenvalue weighted by Crippen LogP contribution is 2.22. The molecule has 1 amide bonds. The summed E-state index contributed by atoms with van der Waals surface area (Å²) in [6.07, 6.45) is 0.976. The number of carbonyl (C=O) groups is 1. The summed E-state index contributed by atoms with van der Waals surface area (Å²) in [5, 5.41) is 18.1. The summed E-state index contributed by atoms with van der Waals surface area (Å²) in [6.45, 7) is 4.46. The van der Waals surface area contributed by atoms with E-state index < -0.39 is 5.60 Å². The smallest absolute Gasteiger partial charge is 0.254 e. The fraction of sp³-hybridized carbons (Fsp3) is 0.500. The zero-order chi connectivity index (χ0) is 17.9. The second-order valence-electron chi connectivity index (χ2n) is 6.62. The molecule has 1 aromatic heterocycles. The quantitative estimate of drug-likeness (QED) is 0.818. The van der Waals surface area contributed by atoms with Crippen LogP contribution in [0.5, 0.6) is 0 Å². The van der Waals surface area contributed by atoms with Gasteiger partial charge in [-0.05, 0) is 25.3 Å². The van der Waals surface area contributed by atoms with Crippen molar-refractivity contribution in [3.05, 3.63) is 47.7 Å². The minimum atomic E-state index is -1.37. The van der Waals surface area contributed by atoms with Crippen LogP contribution in [-0.4, -0.2) is 50.9 Å². The van der Waals surface area contributed by atoms with E-state index in [1.54, 1.807) is 18.7 Å². The first-order chi connectivity index (χ1) is 11.9. The van der Waals surface area contributed by atoms with Gasteiger partial charge in [0.05, 0.1) is 6.10 Å². The predicted molar refractivity (Wildman–Crippen MR) is 89.6 cm³/mol. The predicted octanol–water partition coefficient (Wildman–Crippen LogP) is 1.49.